The number of amides is 1. The Labute approximate surface area is 173 Å². The van der Waals surface area contributed by atoms with Crippen molar-refractivity contribution in [2.45, 2.75) is 70.9 Å². The molecule has 158 valence electrons. The van der Waals surface area contributed by atoms with Crippen LogP contribution in [0.2, 0.25) is 0 Å². The molecule has 2 aromatic heterocycles. The van der Waals surface area contributed by atoms with Gasteiger partial charge in [-0.1, -0.05) is 19.0 Å². The maximum Gasteiger partial charge on any atom is 0.276 e. The number of aryl methyl sites for hydroxylation is 2. The van der Waals surface area contributed by atoms with Gasteiger partial charge in [0.05, 0.1) is 11.4 Å². The first-order chi connectivity index (χ1) is 13.9. The predicted octanol–water partition coefficient (Wildman–Crippen LogP) is 3.50. The average Bonchev–Trinajstić information content (AvgIpc) is 3.35. The second-order valence-electron chi connectivity index (χ2n) is 9.08. The van der Waals surface area contributed by atoms with Crippen molar-refractivity contribution in [3.63, 3.8) is 0 Å². The topological polar surface area (TPSA) is 67.4 Å². The number of hydrogen-bond acceptors (Lipinski definition) is 5. The molecule has 2 fully saturated rings. The second-order valence-corrected chi connectivity index (χ2v) is 9.08. The van der Waals surface area contributed by atoms with Crippen molar-refractivity contribution in [3.05, 3.63) is 35.0 Å². The fraction of sp³-hybridized carbons (Fsp3) is 0.682. The normalized spacial score (nSPS) is 23.3. The van der Waals surface area contributed by atoms with Gasteiger partial charge in [0.25, 0.3) is 5.91 Å². The Kier molecular flexibility index (Phi) is 5.51. The molecule has 1 spiro atoms. The molecule has 1 amide bonds. The molecule has 0 unspecified atom stereocenters. The molecule has 4 heterocycles. The fourth-order valence-electron chi connectivity index (χ4n) is 5.01. The molecule has 2 aromatic rings. The Morgan fingerprint density at radius 1 is 1.17 bits per heavy atom. The number of nitrogens with zero attached hydrogens (tertiary/aromatic N) is 5. The van der Waals surface area contributed by atoms with E-state index in [2.05, 4.69) is 40.0 Å². The van der Waals surface area contributed by atoms with Gasteiger partial charge in [0, 0.05) is 44.2 Å². The van der Waals surface area contributed by atoms with Crippen molar-refractivity contribution in [1.29, 1.82) is 0 Å². The molecule has 0 aliphatic carbocycles. The van der Waals surface area contributed by atoms with Crippen LogP contribution < -0.4 is 0 Å². The summed E-state index contributed by atoms with van der Waals surface area (Å²) in [7, 11) is 2.02. The van der Waals surface area contributed by atoms with E-state index in [-0.39, 0.29) is 17.4 Å². The highest BCUT2D eigenvalue weighted by Crippen LogP contribution is 2.39. The first-order valence-electron chi connectivity index (χ1n) is 10.9. The van der Waals surface area contributed by atoms with Crippen LogP contribution >= 0.6 is 0 Å². The Morgan fingerprint density at radius 2 is 1.93 bits per heavy atom. The van der Waals surface area contributed by atoms with E-state index in [1.54, 1.807) is 0 Å². The molecule has 2 saturated heterocycles. The van der Waals surface area contributed by atoms with E-state index in [9.17, 15) is 4.79 Å². The van der Waals surface area contributed by atoms with E-state index >= 15 is 0 Å². The molecule has 4 rings (SSSR count). The molecule has 0 saturated carbocycles. The van der Waals surface area contributed by atoms with Crippen molar-refractivity contribution >= 4 is 5.91 Å². The zero-order valence-electron chi connectivity index (χ0n) is 18.1. The molecule has 0 radical (unpaired) electrons. The predicted molar refractivity (Wildman–Crippen MR) is 111 cm³/mol. The molecule has 0 bridgehead atoms. The smallest absolute Gasteiger partial charge is 0.276 e. The fourth-order valence-corrected chi connectivity index (χ4v) is 5.01. The van der Waals surface area contributed by atoms with Gasteiger partial charge >= 0.3 is 0 Å². The molecule has 0 N–H and O–H groups in total. The SMILES string of the molecule is Cc1cc(CN2CCC[C@@]3(CCCN3C(=O)c3cc(C(C)C)on3)CC2)n(C)n1. The third-order valence-electron chi connectivity index (χ3n) is 6.65. The van der Waals surface area contributed by atoms with Gasteiger partial charge in [0.2, 0.25) is 0 Å². The third-order valence-corrected chi connectivity index (χ3v) is 6.65. The number of rotatable bonds is 4. The van der Waals surface area contributed by atoms with E-state index < -0.39 is 0 Å². The Balaban J connectivity index is 1.46. The summed E-state index contributed by atoms with van der Waals surface area (Å²) in [5.74, 6) is 1.05. The summed E-state index contributed by atoms with van der Waals surface area (Å²) in [4.78, 5) is 17.9. The van der Waals surface area contributed by atoms with Gasteiger partial charge in [-0.3, -0.25) is 14.4 Å². The summed E-state index contributed by atoms with van der Waals surface area (Å²) < 4.78 is 7.37. The summed E-state index contributed by atoms with van der Waals surface area (Å²) in [6, 6.07) is 4.00. The summed E-state index contributed by atoms with van der Waals surface area (Å²) in [5.41, 5.74) is 2.74. The first kappa shape index (κ1) is 20.1. The van der Waals surface area contributed by atoms with Crippen LogP contribution in [-0.4, -0.2) is 55.8 Å². The number of likely N-dealkylation sites (tertiary alicyclic amines) is 2. The minimum Gasteiger partial charge on any atom is -0.360 e. The van der Waals surface area contributed by atoms with E-state index in [0.29, 0.717) is 5.69 Å². The van der Waals surface area contributed by atoms with Crippen molar-refractivity contribution in [1.82, 2.24) is 24.7 Å². The van der Waals surface area contributed by atoms with Gasteiger partial charge in [0.1, 0.15) is 5.76 Å². The van der Waals surface area contributed by atoms with Crippen LogP contribution in [-0.2, 0) is 13.6 Å². The minimum atomic E-state index is -0.0366. The number of carbonyl (C=O) groups is 1. The zero-order chi connectivity index (χ0) is 20.6. The van der Waals surface area contributed by atoms with Crippen LogP contribution in [0.4, 0.5) is 0 Å². The maximum atomic E-state index is 13.3. The van der Waals surface area contributed by atoms with E-state index in [1.165, 1.54) is 5.69 Å². The number of carbonyl (C=O) groups excluding carboxylic acids is 1. The maximum absolute atomic E-state index is 13.3. The highest BCUT2D eigenvalue weighted by Gasteiger charge is 2.45. The van der Waals surface area contributed by atoms with Gasteiger partial charge < -0.3 is 9.42 Å². The quantitative estimate of drug-likeness (QED) is 0.787. The zero-order valence-corrected chi connectivity index (χ0v) is 18.1. The lowest BCUT2D eigenvalue weighted by atomic mass is 9.87. The Morgan fingerprint density at radius 3 is 2.59 bits per heavy atom. The Hall–Kier alpha value is -2.15. The molecule has 2 aliphatic heterocycles. The molecule has 29 heavy (non-hydrogen) atoms. The van der Waals surface area contributed by atoms with Gasteiger partial charge in [-0.05, 0) is 51.6 Å². The second kappa shape index (κ2) is 7.94. The Bertz CT molecular complexity index is 870. The first-order valence-corrected chi connectivity index (χ1v) is 10.9. The van der Waals surface area contributed by atoms with Crippen LogP contribution in [0.25, 0.3) is 0 Å². The molecule has 2 aliphatic rings. The molecule has 7 nitrogen and oxygen atoms in total. The molecular weight excluding hydrogens is 366 g/mol. The van der Waals surface area contributed by atoms with Crippen molar-refractivity contribution in [3.8, 4) is 0 Å². The molecule has 0 aromatic carbocycles. The van der Waals surface area contributed by atoms with E-state index in [0.717, 1.165) is 69.7 Å². The minimum absolute atomic E-state index is 0.0360. The van der Waals surface area contributed by atoms with Crippen LogP contribution in [0.5, 0.6) is 0 Å². The van der Waals surface area contributed by atoms with Crippen molar-refractivity contribution in [2.24, 2.45) is 7.05 Å². The monoisotopic (exact) mass is 399 g/mol. The highest BCUT2D eigenvalue weighted by atomic mass is 16.5. The third kappa shape index (κ3) is 3.97. The summed E-state index contributed by atoms with van der Waals surface area (Å²) >= 11 is 0. The largest absolute Gasteiger partial charge is 0.360 e. The summed E-state index contributed by atoms with van der Waals surface area (Å²) in [6.45, 7) is 9.95. The van der Waals surface area contributed by atoms with E-state index in [4.69, 9.17) is 4.52 Å². The van der Waals surface area contributed by atoms with E-state index in [1.807, 2.05) is 24.7 Å². The summed E-state index contributed by atoms with van der Waals surface area (Å²) in [6.07, 6.45) is 5.35. The average molecular weight is 400 g/mol. The van der Waals surface area contributed by atoms with Gasteiger partial charge in [-0.25, -0.2) is 0 Å². The van der Waals surface area contributed by atoms with Gasteiger partial charge in [0.15, 0.2) is 5.69 Å². The van der Waals surface area contributed by atoms with Crippen molar-refractivity contribution in [2.75, 3.05) is 19.6 Å². The van der Waals surface area contributed by atoms with Crippen LogP contribution in [0.1, 0.15) is 79.5 Å². The van der Waals surface area contributed by atoms with Crippen LogP contribution in [0.15, 0.2) is 16.7 Å². The molecular formula is C22H33N5O2. The standard InChI is InChI=1S/C22H33N5O2/c1-16(2)20-14-19(24-29-20)21(28)27-11-6-8-22(27)7-5-10-26(12-9-22)15-18-13-17(3)23-25(18)4/h13-14,16H,5-12,15H2,1-4H3/t22-/m1/s1. The number of aromatic nitrogens is 3. The highest BCUT2D eigenvalue weighted by molar-refractivity contribution is 5.93. The lowest BCUT2D eigenvalue weighted by molar-refractivity contribution is 0.0547. The lowest BCUT2D eigenvalue weighted by Crippen LogP contribution is -2.48. The summed E-state index contributed by atoms with van der Waals surface area (Å²) in [5, 5.41) is 8.56. The van der Waals surface area contributed by atoms with Crippen LogP contribution in [0.3, 0.4) is 0 Å². The molecule has 7 heteroatoms. The lowest BCUT2D eigenvalue weighted by Gasteiger charge is -2.37. The number of hydrogen-bond donors (Lipinski definition) is 0. The van der Waals surface area contributed by atoms with Gasteiger partial charge in [-0.15, -0.1) is 0 Å². The van der Waals surface area contributed by atoms with Crippen LogP contribution in [0, 0.1) is 6.92 Å². The van der Waals surface area contributed by atoms with Gasteiger partial charge in [-0.2, -0.15) is 5.10 Å². The van der Waals surface area contributed by atoms with Crippen molar-refractivity contribution < 1.29 is 9.32 Å². The molecule has 1 atom stereocenters.